The Balaban J connectivity index is 1.85. The molecule has 2 aromatic heterocycles. The molecule has 2 rings (SSSR count). The first-order chi connectivity index (χ1) is 9.04. The lowest BCUT2D eigenvalue weighted by Gasteiger charge is -2.02. The third-order valence-corrected chi connectivity index (χ3v) is 3.02. The van der Waals surface area contributed by atoms with Gasteiger partial charge < -0.3 is 10.4 Å². The van der Waals surface area contributed by atoms with Crippen LogP contribution in [0.3, 0.4) is 0 Å². The van der Waals surface area contributed by atoms with Crippen LogP contribution in [0.1, 0.15) is 21.2 Å². The molecule has 2 heterocycles. The average molecular weight is 281 g/mol. The van der Waals surface area contributed by atoms with Crippen LogP contribution in [-0.2, 0) is 17.9 Å². The van der Waals surface area contributed by atoms with Crippen LogP contribution in [0.25, 0.3) is 0 Å². The first kappa shape index (κ1) is 13.1. The fourth-order valence-electron chi connectivity index (χ4n) is 1.36. The standard InChI is InChI=1S/C10H11N5O3S/c1-6-12-7(5-19-6)2-11-9(16)4-15-3-8(10(17)18)13-14-15/h3,5H,2,4H2,1H3,(H,11,16)(H,17,18). The van der Waals surface area contributed by atoms with Gasteiger partial charge in [0.15, 0.2) is 5.69 Å². The number of nitrogens with zero attached hydrogens (tertiary/aromatic N) is 4. The van der Waals surface area contributed by atoms with Crippen molar-refractivity contribution in [2.24, 2.45) is 0 Å². The van der Waals surface area contributed by atoms with Crippen molar-refractivity contribution < 1.29 is 14.7 Å². The van der Waals surface area contributed by atoms with Crippen LogP contribution in [0.15, 0.2) is 11.6 Å². The Labute approximate surface area is 112 Å². The Morgan fingerprint density at radius 3 is 2.89 bits per heavy atom. The molecule has 19 heavy (non-hydrogen) atoms. The van der Waals surface area contributed by atoms with E-state index in [1.807, 2.05) is 12.3 Å². The number of nitrogens with one attached hydrogen (secondary N) is 1. The molecule has 2 N–H and O–H groups in total. The van der Waals surface area contributed by atoms with Crippen molar-refractivity contribution in [3.63, 3.8) is 0 Å². The minimum atomic E-state index is -1.18. The largest absolute Gasteiger partial charge is 0.476 e. The molecular formula is C10H11N5O3S. The van der Waals surface area contributed by atoms with E-state index in [2.05, 4.69) is 20.6 Å². The summed E-state index contributed by atoms with van der Waals surface area (Å²) in [6.07, 6.45) is 1.20. The number of thiazole rings is 1. The van der Waals surface area contributed by atoms with Gasteiger partial charge in [-0.15, -0.1) is 16.4 Å². The lowest BCUT2D eigenvalue weighted by molar-refractivity contribution is -0.122. The molecule has 0 fully saturated rings. The number of aromatic nitrogens is 4. The van der Waals surface area contributed by atoms with E-state index in [1.54, 1.807) is 0 Å². The maximum absolute atomic E-state index is 11.6. The third-order valence-electron chi connectivity index (χ3n) is 2.20. The van der Waals surface area contributed by atoms with E-state index in [0.29, 0.717) is 6.54 Å². The summed E-state index contributed by atoms with van der Waals surface area (Å²) < 4.78 is 1.17. The predicted molar refractivity (Wildman–Crippen MR) is 65.7 cm³/mol. The normalized spacial score (nSPS) is 10.4. The monoisotopic (exact) mass is 281 g/mol. The van der Waals surface area contributed by atoms with E-state index < -0.39 is 5.97 Å². The fraction of sp³-hybridized carbons (Fsp3) is 0.300. The number of carboxylic acids is 1. The van der Waals surface area contributed by atoms with Gasteiger partial charge in [0.1, 0.15) is 6.54 Å². The minimum absolute atomic E-state index is 0.0800. The summed E-state index contributed by atoms with van der Waals surface area (Å²) in [5.41, 5.74) is 0.601. The van der Waals surface area contributed by atoms with Crippen molar-refractivity contribution >= 4 is 23.2 Å². The second kappa shape index (κ2) is 5.57. The molecule has 0 aliphatic heterocycles. The SMILES string of the molecule is Cc1nc(CNC(=O)Cn2cc(C(=O)O)nn2)cs1. The molecule has 0 radical (unpaired) electrons. The molecule has 2 aromatic rings. The fourth-order valence-corrected chi connectivity index (χ4v) is 1.97. The molecule has 9 heteroatoms. The van der Waals surface area contributed by atoms with Crippen LogP contribution in [0.5, 0.6) is 0 Å². The first-order valence-corrected chi connectivity index (χ1v) is 6.23. The molecule has 0 aliphatic rings. The smallest absolute Gasteiger partial charge is 0.358 e. The summed E-state index contributed by atoms with van der Waals surface area (Å²) in [5, 5.41) is 21.1. The molecule has 8 nitrogen and oxygen atoms in total. The van der Waals surface area contributed by atoms with Crippen LogP contribution < -0.4 is 5.32 Å². The molecule has 0 unspecified atom stereocenters. The van der Waals surface area contributed by atoms with Crippen molar-refractivity contribution in [2.75, 3.05) is 0 Å². The van der Waals surface area contributed by atoms with E-state index in [0.717, 1.165) is 10.7 Å². The first-order valence-electron chi connectivity index (χ1n) is 5.35. The van der Waals surface area contributed by atoms with Gasteiger partial charge in [-0.05, 0) is 6.92 Å². The molecule has 0 spiro atoms. The van der Waals surface area contributed by atoms with Gasteiger partial charge in [-0.1, -0.05) is 5.21 Å². The number of hydrogen-bond acceptors (Lipinski definition) is 6. The van der Waals surface area contributed by atoms with E-state index in [9.17, 15) is 9.59 Å². The highest BCUT2D eigenvalue weighted by molar-refractivity contribution is 7.09. The van der Waals surface area contributed by atoms with Crippen LogP contribution in [0.4, 0.5) is 0 Å². The molecule has 100 valence electrons. The predicted octanol–water partition coefficient (Wildman–Crippen LogP) is 0.0576. The van der Waals surface area contributed by atoms with E-state index in [4.69, 9.17) is 5.11 Å². The van der Waals surface area contributed by atoms with Crippen molar-refractivity contribution in [1.29, 1.82) is 0 Å². The van der Waals surface area contributed by atoms with E-state index >= 15 is 0 Å². The van der Waals surface area contributed by atoms with Crippen molar-refractivity contribution in [1.82, 2.24) is 25.3 Å². The quantitative estimate of drug-likeness (QED) is 0.801. The zero-order valence-corrected chi connectivity index (χ0v) is 10.8. The summed E-state index contributed by atoms with van der Waals surface area (Å²) in [4.78, 5) is 26.4. The van der Waals surface area contributed by atoms with Crippen LogP contribution >= 0.6 is 11.3 Å². The number of rotatable bonds is 5. The second-order valence-electron chi connectivity index (χ2n) is 3.74. The van der Waals surface area contributed by atoms with Crippen LogP contribution in [0, 0.1) is 6.92 Å². The Morgan fingerprint density at radius 2 is 2.32 bits per heavy atom. The summed E-state index contributed by atoms with van der Waals surface area (Å²) in [6, 6.07) is 0. The average Bonchev–Trinajstić information content (AvgIpc) is 2.96. The molecule has 1 amide bonds. The zero-order chi connectivity index (χ0) is 13.8. The lowest BCUT2D eigenvalue weighted by atomic mass is 10.4. The number of carbonyl (C=O) groups is 2. The number of amides is 1. The van der Waals surface area contributed by atoms with Crippen LogP contribution in [0.2, 0.25) is 0 Å². The molecule has 0 aliphatic carbocycles. The maximum Gasteiger partial charge on any atom is 0.358 e. The number of carboxylic acid groups (broad SMARTS) is 1. The summed E-state index contributed by atoms with van der Waals surface area (Å²) in [5.74, 6) is -1.46. The van der Waals surface area contributed by atoms with Gasteiger partial charge in [-0.25, -0.2) is 14.5 Å². The number of aromatic carboxylic acids is 1. The Kier molecular flexibility index (Phi) is 3.85. The summed E-state index contributed by atoms with van der Waals surface area (Å²) in [6.45, 7) is 2.14. The minimum Gasteiger partial charge on any atom is -0.476 e. The number of aryl methyl sites for hydroxylation is 1. The van der Waals surface area contributed by atoms with Gasteiger partial charge in [0.25, 0.3) is 0 Å². The highest BCUT2D eigenvalue weighted by Crippen LogP contribution is 2.07. The summed E-state index contributed by atoms with van der Waals surface area (Å²) >= 11 is 1.51. The third kappa shape index (κ3) is 3.58. The highest BCUT2D eigenvalue weighted by atomic mass is 32.1. The molecule has 0 bridgehead atoms. The molecule has 0 aromatic carbocycles. The van der Waals surface area contributed by atoms with Crippen LogP contribution in [-0.4, -0.2) is 37.0 Å². The van der Waals surface area contributed by atoms with Gasteiger partial charge >= 0.3 is 5.97 Å². The van der Waals surface area contributed by atoms with Gasteiger partial charge in [-0.3, -0.25) is 4.79 Å². The highest BCUT2D eigenvalue weighted by Gasteiger charge is 2.10. The second-order valence-corrected chi connectivity index (χ2v) is 4.80. The zero-order valence-electron chi connectivity index (χ0n) is 10.0. The van der Waals surface area contributed by atoms with Crippen molar-refractivity contribution in [3.05, 3.63) is 28.0 Å². The van der Waals surface area contributed by atoms with E-state index in [-0.39, 0.29) is 18.1 Å². The number of carbonyl (C=O) groups excluding carboxylic acids is 1. The van der Waals surface area contributed by atoms with E-state index in [1.165, 1.54) is 22.2 Å². The molecular weight excluding hydrogens is 270 g/mol. The van der Waals surface area contributed by atoms with Gasteiger partial charge in [0.05, 0.1) is 23.4 Å². The Morgan fingerprint density at radius 1 is 1.53 bits per heavy atom. The van der Waals surface area contributed by atoms with Crippen molar-refractivity contribution in [3.8, 4) is 0 Å². The summed E-state index contributed by atoms with van der Waals surface area (Å²) in [7, 11) is 0. The number of hydrogen-bond donors (Lipinski definition) is 2. The van der Waals surface area contributed by atoms with Gasteiger partial charge in [-0.2, -0.15) is 0 Å². The maximum atomic E-state index is 11.6. The van der Waals surface area contributed by atoms with Crippen molar-refractivity contribution in [2.45, 2.75) is 20.0 Å². The Bertz CT molecular complexity index is 606. The lowest BCUT2D eigenvalue weighted by Crippen LogP contribution is -2.27. The molecule has 0 atom stereocenters. The van der Waals surface area contributed by atoms with Gasteiger partial charge in [0, 0.05) is 5.38 Å². The molecule has 0 saturated heterocycles. The van der Waals surface area contributed by atoms with Gasteiger partial charge in [0.2, 0.25) is 5.91 Å². The Hall–Kier alpha value is -2.29. The topological polar surface area (TPSA) is 110 Å². The molecule has 0 saturated carbocycles.